The Morgan fingerprint density at radius 3 is 2.66 bits per heavy atom. The van der Waals surface area contributed by atoms with Gasteiger partial charge in [-0.3, -0.25) is 9.59 Å². The normalized spacial score (nSPS) is 14.8. The summed E-state index contributed by atoms with van der Waals surface area (Å²) in [5.74, 6) is -0.382. The largest absolute Gasteiger partial charge is 0.474 e. The van der Waals surface area contributed by atoms with Crippen LogP contribution in [0, 0.1) is 0 Å². The van der Waals surface area contributed by atoms with Crippen LogP contribution in [0.2, 0.25) is 5.15 Å². The maximum Gasteiger partial charge on any atom is 0.263 e. The molecule has 1 fully saturated rings. The Labute approximate surface area is 189 Å². The van der Waals surface area contributed by atoms with E-state index in [1.807, 2.05) is 0 Å². The lowest BCUT2D eigenvalue weighted by Gasteiger charge is -2.16. The third-order valence-electron chi connectivity index (χ3n) is 5.64. The Balaban J connectivity index is 1.60. The summed E-state index contributed by atoms with van der Waals surface area (Å²) in [6.07, 6.45) is 5.29. The summed E-state index contributed by atoms with van der Waals surface area (Å²) in [6, 6.07) is 6.48. The van der Waals surface area contributed by atoms with Gasteiger partial charge >= 0.3 is 0 Å². The first-order chi connectivity index (χ1) is 15.1. The molecule has 0 spiro atoms. The molecule has 0 aromatic carbocycles. The van der Waals surface area contributed by atoms with Crippen molar-refractivity contribution in [3.05, 3.63) is 63.3 Å². The first-order valence-corrected chi connectivity index (χ1v) is 12.1. The standard InChI is InChI=1S/C21H21ClN4O5S/c1-26-17-14(5-8-23-19(17)31-12-21(6-7-21)32(2,29)30)9-15(20(26)28)18(27)25-11-13-3-4-16(22)24-10-13/h3-5,8-10H,6-7,11-12H2,1-2H3,(H,25,27). The molecule has 168 valence electrons. The van der Waals surface area contributed by atoms with Gasteiger partial charge in [-0.05, 0) is 36.6 Å². The van der Waals surface area contributed by atoms with Crippen LogP contribution in [-0.2, 0) is 23.4 Å². The van der Waals surface area contributed by atoms with E-state index in [0.29, 0.717) is 28.9 Å². The molecule has 1 aliphatic rings. The molecule has 1 amide bonds. The number of halogens is 1. The lowest BCUT2D eigenvalue weighted by atomic mass is 10.1. The summed E-state index contributed by atoms with van der Waals surface area (Å²) in [6.45, 7) is 0.145. The molecule has 1 N–H and O–H groups in total. The van der Waals surface area contributed by atoms with E-state index in [4.69, 9.17) is 16.3 Å². The van der Waals surface area contributed by atoms with Gasteiger partial charge < -0.3 is 14.6 Å². The molecule has 0 bridgehead atoms. The van der Waals surface area contributed by atoms with E-state index in [1.165, 1.54) is 30.1 Å². The van der Waals surface area contributed by atoms with Crippen LogP contribution >= 0.6 is 11.6 Å². The van der Waals surface area contributed by atoms with Gasteiger partial charge in [-0.1, -0.05) is 17.7 Å². The molecule has 0 unspecified atom stereocenters. The van der Waals surface area contributed by atoms with Crippen LogP contribution in [-0.4, -0.2) is 46.5 Å². The summed E-state index contributed by atoms with van der Waals surface area (Å²) < 4.78 is 30.2. The average Bonchev–Trinajstić information content (AvgIpc) is 3.55. The fourth-order valence-corrected chi connectivity index (χ4v) is 4.65. The van der Waals surface area contributed by atoms with Crippen molar-refractivity contribution in [1.29, 1.82) is 0 Å². The second kappa shape index (κ2) is 8.18. The van der Waals surface area contributed by atoms with Crippen molar-refractivity contribution in [2.75, 3.05) is 12.9 Å². The van der Waals surface area contributed by atoms with Gasteiger partial charge in [0, 0.05) is 37.6 Å². The maximum absolute atomic E-state index is 12.9. The van der Waals surface area contributed by atoms with Crippen molar-refractivity contribution in [2.24, 2.45) is 7.05 Å². The minimum absolute atomic E-state index is 0.0335. The van der Waals surface area contributed by atoms with Crippen molar-refractivity contribution in [1.82, 2.24) is 19.9 Å². The molecule has 4 rings (SSSR count). The molecule has 32 heavy (non-hydrogen) atoms. The Bertz CT molecular complexity index is 1370. The van der Waals surface area contributed by atoms with E-state index < -0.39 is 26.1 Å². The van der Waals surface area contributed by atoms with Crippen molar-refractivity contribution in [3.63, 3.8) is 0 Å². The van der Waals surface area contributed by atoms with Gasteiger partial charge in [-0.25, -0.2) is 18.4 Å². The van der Waals surface area contributed by atoms with Crippen LogP contribution in [0.4, 0.5) is 0 Å². The van der Waals surface area contributed by atoms with Crippen molar-refractivity contribution < 1.29 is 17.9 Å². The average molecular weight is 477 g/mol. The van der Waals surface area contributed by atoms with Gasteiger partial charge in [0.2, 0.25) is 5.88 Å². The molecule has 1 saturated carbocycles. The second-order valence-corrected chi connectivity index (χ2v) is 10.7. The van der Waals surface area contributed by atoms with Crippen LogP contribution in [0.15, 0.2) is 41.5 Å². The van der Waals surface area contributed by atoms with E-state index in [2.05, 4.69) is 15.3 Å². The van der Waals surface area contributed by atoms with Gasteiger partial charge in [-0.15, -0.1) is 0 Å². The van der Waals surface area contributed by atoms with E-state index in [9.17, 15) is 18.0 Å². The molecule has 1 aliphatic carbocycles. The van der Waals surface area contributed by atoms with Crippen LogP contribution in [0.5, 0.6) is 5.88 Å². The van der Waals surface area contributed by atoms with E-state index in [0.717, 1.165) is 5.56 Å². The van der Waals surface area contributed by atoms with Crippen molar-refractivity contribution in [2.45, 2.75) is 24.1 Å². The zero-order valence-corrected chi connectivity index (χ0v) is 19.0. The van der Waals surface area contributed by atoms with Crippen molar-refractivity contribution in [3.8, 4) is 5.88 Å². The van der Waals surface area contributed by atoms with Crippen LogP contribution < -0.4 is 15.6 Å². The summed E-state index contributed by atoms with van der Waals surface area (Å²) in [4.78, 5) is 33.7. The van der Waals surface area contributed by atoms with Gasteiger partial charge in [0.15, 0.2) is 9.84 Å². The minimum Gasteiger partial charge on any atom is -0.474 e. The zero-order chi connectivity index (χ0) is 23.1. The Morgan fingerprint density at radius 1 is 1.28 bits per heavy atom. The highest BCUT2D eigenvalue weighted by Gasteiger charge is 2.53. The van der Waals surface area contributed by atoms with Gasteiger partial charge in [0.1, 0.15) is 27.6 Å². The molecule has 9 nitrogen and oxygen atoms in total. The number of carbonyl (C=O) groups excluding carboxylic acids is 1. The molecule has 3 heterocycles. The SMILES string of the molecule is Cn1c(=O)c(C(=O)NCc2ccc(Cl)nc2)cc2ccnc(OCC3(S(C)(=O)=O)CC3)c21. The number of aromatic nitrogens is 3. The van der Waals surface area contributed by atoms with Crippen LogP contribution in [0.1, 0.15) is 28.8 Å². The van der Waals surface area contributed by atoms with Gasteiger partial charge in [0.05, 0.1) is 0 Å². The Hall–Kier alpha value is -2.98. The molecule has 0 aliphatic heterocycles. The number of ether oxygens (including phenoxy) is 1. The monoisotopic (exact) mass is 476 g/mol. The number of carbonyl (C=O) groups is 1. The highest BCUT2D eigenvalue weighted by atomic mass is 35.5. The fourth-order valence-electron chi connectivity index (χ4n) is 3.42. The zero-order valence-electron chi connectivity index (χ0n) is 17.5. The highest BCUT2D eigenvalue weighted by molar-refractivity contribution is 7.92. The summed E-state index contributed by atoms with van der Waals surface area (Å²) in [7, 11) is -1.75. The van der Waals surface area contributed by atoms with Crippen molar-refractivity contribution >= 4 is 38.2 Å². The number of sulfone groups is 1. The first kappa shape index (κ1) is 22.2. The second-order valence-electron chi connectivity index (χ2n) is 7.89. The number of rotatable bonds is 7. The highest BCUT2D eigenvalue weighted by Crippen LogP contribution is 2.43. The van der Waals surface area contributed by atoms with E-state index >= 15 is 0 Å². The molecule has 3 aromatic heterocycles. The maximum atomic E-state index is 12.9. The quantitative estimate of drug-likeness (QED) is 0.517. The number of hydrogen-bond acceptors (Lipinski definition) is 7. The molecular formula is C21H21ClN4O5S. The lowest BCUT2D eigenvalue weighted by molar-refractivity contribution is 0.0949. The third kappa shape index (κ3) is 4.20. The predicted octanol–water partition coefficient (Wildman–Crippen LogP) is 1.87. The van der Waals surface area contributed by atoms with Gasteiger partial charge in [-0.2, -0.15) is 0 Å². The van der Waals surface area contributed by atoms with Gasteiger partial charge in [0.25, 0.3) is 11.5 Å². The molecule has 0 radical (unpaired) electrons. The van der Waals surface area contributed by atoms with E-state index in [1.54, 1.807) is 24.4 Å². The Kier molecular flexibility index (Phi) is 5.68. The van der Waals surface area contributed by atoms with Crippen LogP contribution in [0.3, 0.4) is 0 Å². The molecule has 0 saturated heterocycles. The predicted molar refractivity (Wildman–Crippen MR) is 120 cm³/mol. The first-order valence-electron chi connectivity index (χ1n) is 9.81. The summed E-state index contributed by atoms with van der Waals surface area (Å²) in [5, 5.41) is 3.62. The molecule has 3 aromatic rings. The smallest absolute Gasteiger partial charge is 0.263 e. The molecule has 11 heteroatoms. The fraction of sp³-hybridized carbons (Fsp3) is 0.333. The number of nitrogens with zero attached hydrogens (tertiary/aromatic N) is 3. The summed E-state index contributed by atoms with van der Waals surface area (Å²) >= 11 is 5.76. The Morgan fingerprint density at radius 2 is 2.03 bits per heavy atom. The number of pyridine rings is 3. The number of hydrogen-bond donors (Lipinski definition) is 1. The van der Waals surface area contributed by atoms with E-state index in [-0.39, 0.29) is 24.6 Å². The lowest BCUT2D eigenvalue weighted by Crippen LogP contribution is -2.32. The van der Waals surface area contributed by atoms with Crippen LogP contribution in [0.25, 0.3) is 10.9 Å². The third-order valence-corrected chi connectivity index (χ3v) is 7.97. The molecular weight excluding hydrogens is 456 g/mol. The number of nitrogens with one attached hydrogen (secondary N) is 1. The topological polar surface area (TPSA) is 120 Å². The minimum atomic E-state index is -3.27. The number of amides is 1. The number of fused-ring (bicyclic) bond motifs is 1. The summed E-state index contributed by atoms with van der Waals surface area (Å²) in [5.41, 5.74) is 0.570. The molecule has 0 atom stereocenters. The number of aryl methyl sites for hydroxylation is 1.